The highest BCUT2D eigenvalue weighted by Gasteiger charge is 2.52. The largest absolute Gasteiger partial charge is 0.462 e. The molecule has 6 rings (SSSR count). The number of esters is 2. The zero-order chi connectivity index (χ0) is 41.1. The molecule has 15 heteroatoms. The first-order valence-corrected chi connectivity index (χ1v) is 17.7. The lowest BCUT2D eigenvalue weighted by molar-refractivity contribution is -0.153. The lowest BCUT2D eigenvalue weighted by atomic mass is 9.84. The van der Waals surface area contributed by atoms with E-state index in [1.54, 1.807) is 13.0 Å². The van der Waals surface area contributed by atoms with Gasteiger partial charge in [0.05, 0.1) is 52.5 Å². The Morgan fingerprint density at radius 1 is 1.00 bits per heavy atom. The molecule has 0 spiro atoms. The molecule has 6 atom stereocenters. The molecule has 14 nitrogen and oxygen atoms in total. The molecule has 3 heterocycles. The van der Waals surface area contributed by atoms with Gasteiger partial charge in [0.2, 0.25) is 5.78 Å². The van der Waals surface area contributed by atoms with Gasteiger partial charge in [0.15, 0.2) is 5.78 Å². The van der Waals surface area contributed by atoms with Crippen molar-refractivity contribution in [2.24, 2.45) is 5.92 Å². The maximum atomic E-state index is 14.2. The number of rotatable bonds is 4. The Kier molecular flexibility index (Phi) is 12.5. The molecule has 0 aromatic heterocycles. The summed E-state index contributed by atoms with van der Waals surface area (Å²) in [5.41, 5.74) is -1.78. The van der Waals surface area contributed by atoms with Crippen molar-refractivity contribution in [1.82, 2.24) is 5.32 Å². The molecule has 0 fully saturated rings. The first-order valence-electron chi connectivity index (χ1n) is 17.7. The van der Waals surface area contributed by atoms with Crippen LogP contribution >= 0.6 is 0 Å². The van der Waals surface area contributed by atoms with Gasteiger partial charge in [0, 0.05) is 50.5 Å². The number of ether oxygens (including phenoxy) is 5. The molecule has 5 bridgehead atoms. The van der Waals surface area contributed by atoms with E-state index in [-0.39, 0.29) is 47.3 Å². The van der Waals surface area contributed by atoms with E-state index in [0.29, 0.717) is 0 Å². The smallest absolute Gasteiger partial charge is 0.343 e. The van der Waals surface area contributed by atoms with Crippen LogP contribution in [0.3, 0.4) is 0 Å². The number of fused-ring (bicyclic) bond motifs is 14. The normalized spacial score (nSPS) is 25.8. The van der Waals surface area contributed by atoms with Crippen LogP contribution in [0, 0.1) is 18.7 Å². The zero-order valence-corrected chi connectivity index (χ0v) is 31.5. The fraction of sp³-hybridized carbons (Fsp3) is 0.366. The molecule has 3 N–H and O–H groups in total. The molecule has 56 heavy (non-hydrogen) atoms. The van der Waals surface area contributed by atoms with Crippen molar-refractivity contribution in [2.75, 3.05) is 7.11 Å². The molecule has 6 unspecified atom stereocenters. The minimum absolute atomic E-state index is 0.0345. The van der Waals surface area contributed by atoms with E-state index in [2.05, 4.69) is 5.32 Å². The summed E-state index contributed by atoms with van der Waals surface area (Å²) in [6.07, 6.45) is 4.04. The average molecular weight is 776 g/mol. The van der Waals surface area contributed by atoms with Crippen molar-refractivity contribution in [1.29, 1.82) is 0 Å². The number of ketones is 3. The molecule has 3 aliphatic heterocycles. The van der Waals surface area contributed by atoms with Crippen molar-refractivity contribution in [2.45, 2.75) is 84.1 Å². The van der Waals surface area contributed by atoms with Crippen LogP contribution < -0.4 is 14.8 Å². The van der Waals surface area contributed by atoms with Gasteiger partial charge in [-0.3, -0.25) is 24.0 Å². The monoisotopic (exact) mass is 775 g/mol. The van der Waals surface area contributed by atoms with Crippen LogP contribution in [0.15, 0.2) is 72.2 Å². The van der Waals surface area contributed by atoms with E-state index in [0.717, 1.165) is 36.6 Å². The van der Waals surface area contributed by atoms with Crippen LogP contribution in [-0.2, 0) is 23.8 Å². The van der Waals surface area contributed by atoms with E-state index in [1.165, 1.54) is 53.0 Å². The summed E-state index contributed by atoms with van der Waals surface area (Å²) >= 11 is 0. The Hall–Kier alpha value is -5.77. The molecule has 1 aliphatic carbocycles. The SMILES string of the molecule is COC1C=COC2(C)Oc3c(C)c(OC(=O)c4ccc(F)cc4)c4c(c3C2=O)C(=O)C=C(NC(=O)C(C)=CC=CCC(O)CC(O)CC(OC(C)=O)C1C)C4=O. The predicted octanol–water partition coefficient (Wildman–Crippen LogP) is 4.55. The van der Waals surface area contributed by atoms with Crippen LogP contribution in [-0.4, -0.2) is 82.7 Å². The standard InChI is InChI=1S/C41H42FNO13/c1-20-9-7-8-10-26(45)17-27(46)18-31(54-23(4)44)21(2)30(52-6)15-16-53-41(5)38(49)34-32-29(47)19-28(43-39(20)50)35(48)33(32)36(22(3)37(34)56-41)55-40(51)24-11-13-25(42)14-12-24/h7-9,11-16,19,21,26-27,30-31,45-46H,10,17-18H2,1-6H3,(H,43,50). The molecule has 0 saturated carbocycles. The number of methoxy groups -OCH3 is 1. The van der Waals surface area contributed by atoms with Crippen molar-refractivity contribution in [3.63, 3.8) is 0 Å². The number of benzene rings is 2. The van der Waals surface area contributed by atoms with Crippen molar-refractivity contribution < 1.29 is 67.1 Å². The highest BCUT2D eigenvalue weighted by atomic mass is 19.1. The molecule has 0 saturated heterocycles. The lowest BCUT2D eigenvalue weighted by Crippen LogP contribution is -2.39. The van der Waals surface area contributed by atoms with Crippen LogP contribution in [0.1, 0.15) is 94.0 Å². The number of amides is 1. The summed E-state index contributed by atoms with van der Waals surface area (Å²) < 4.78 is 42.4. The van der Waals surface area contributed by atoms with Gasteiger partial charge in [0.25, 0.3) is 11.7 Å². The van der Waals surface area contributed by atoms with E-state index >= 15 is 0 Å². The second-order valence-corrected chi connectivity index (χ2v) is 13.8. The Labute approximate surface area is 321 Å². The van der Waals surface area contributed by atoms with Gasteiger partial charge in [-0.25, -0.2) is 9.18 Å². The van der Waals surface area contributed by atoms with Crippen molar-refractivity contribution >= 4 is 35.2 Å². The summed E-state index contributed by atoms with van der Waals surface area (Å²) in [6, 6.07) is 4.37. The molecule has 2 aromatic rings. The minimum atomic E-state index is -2.13. The first-order chi connectivity index (χ1) is 26.4. The number of allylic oxidation sites excluding steroid dienone is 4. The van der Waals surface area contributed by atoms with Crippen LogP contribution in [0.4, 0.5) is 4.39 Å². The highest BCUT2D eigenvalue weighted by Crippen LogP contribution is 2.48. The number of aliphatic hydroxyl groups is 2. The van der Waals surface area contributed by atoms with E-state index in [9.17, 15) is 43.4 Å². The van der Waals surface area contributed by atoms with Gasteiger partial charge in [-0.15, -0.1) is 0 Å². The maximum Gasteiger partial charge on any atom is 0.343 e. The molecule has 1 amide bonds. The van der Waals surface area contributed by atoms with Gasteiger partial charge >= 0.3 is 17.7 Å². The van der Waals surface area contributed by atoms with Gasteiger partial charge < -0.3 is 39.2 Å². The number of carbonyl (C=O) groups excluding carboxylic acids is 6. The lowest BCUT2D eigenvalue weighted by Gasteiger charge is -2.30. The topological polar surface area (TPSA) is 201 Å². The Morgan fingerprint density at radius 2 is 1.70 bits per heavy atom. The van der Waals surface area contributed by atoms with Gasteiger partial charge in [-0.2, -0.15) is 0 Å². The molecular weight excluding hydrogens is 733 g/mol. The van der Waals surface area contributed by atoms with Gasteiger partial charge in [0.1, 0.15) is 23.4 Å². The summed E-state index contributed by atoms with van der Waals surface area (Å²) in [7, 11) is 1.39. The maximum absolute atomic E-state index is 14.2. The summed E-state index contributed by atoms with van der Waals surface area (Å²) in [5.74, 6) is -9.13. The number of aliphatic hydroxyl groups excluding tert-OH is 2. The van der Waals surface area contributed by atoms with Crippen LogP contribution in [0.25, 0.3) is 0 Å². The van der Waals surface area contributed by atoms with Gasteiger partial charge in [-0.1, -0.05) is 25.2 Å². The minimum Gasteiger partial charge on any atom is -0.462 e. The quantitative estimate of drug-likeness (QED) is 0.289. The van der Waals surface area contributed by atoms with Crippen LogP contribution in [0.5, 0.6) is 11.5 Å². The van der Waals surface area contributed by atoms with E-state index < -0.39 is 99.7 Å². The van der Waals surface area contributed by atoms with Gasteiger partial charge in [-0.05, 0) is 57.0 Å². The van der Waals surface area contributed by atoms with Crippen molar-refractivity contribution in [3.8, 4) is 11.5 Å². The molecule has 2 aromatic carbocycles. The Morgan fingerprint density at radius 3 is 2.36 bits per heavy atom. The predicted molar refractivity (Wildman–Crippen MR) is 195 cm³/mol. The molecule has 0 radical (unpaired) electrons. The third-order valence-corrected chi connectivity index (χ3v) is 9.64. The number of halogens is 1. The third-order valence-electron chi connectivity index (χ3n) is 9.64. The number of nitrogens with one attached hydrogen (secondary N) is 1. The number of hydrogen-bond acceptors (Lipinski definition) is 13. The second-order valence-electron chi connectivity index (χ2n) is 13.8. The average Bonchev–Trinajstić information content (AvgIpc) is 3.40. The molecule has 296 valence electrons. The summed E-state index contributed by atoms with van der Waals surface area (Å²) in [6.45, 7) is 7.03. The van der Waals surface area contributed by atoms with Crippen LogP contribution in [0.2, 0.25) is 0 Å². The summed E-state index contributed by atoms with van der Waals surface area (Å²) in [4.78, 5) is 80.9. The first kappa shape index (κ1) is 41.4. The van der Waals surface area contributed by atoms with E-state index in [1.807, 2.05) is 0 Å². The number of hydrogen-bond donors (Lipinski definition) is 3. The third kappa shape index (κ3) is 8.70. The Balaban J connectivity index is 1.62. The fourth-order valence-electron chi connectivity index (χ4n) is 6.57. The molecular formula is C41H42FNO13. The zero-order valence-electron chi connectivity index (χ0n) is 31.5. The van der Waals surface area contributed by atoms with Crippen molar-refractivity contribution in [3.05, 3.63) is 106 Å². The molecule has 4 aliphatic rings. The fourth-order valence-corrected chi connectivity index (χ4v) is 6.57. The second kappa shape index (κ2) is 16.9. The van der Waals surface area contributed by atoms with E-state index in [4.69, 9.17) is 23.7 Å². The highest BCUT2D eigenvalue weighted by molar-refractivity contribution is 6.31. The number of Topliss-reactive ketones (excluding diaryl/α,β-unsaturated/α-hetero) is 2. The summed E-state index contributed by atoms with van der Waals surface area (Å²) in [5, 5.41) is 23.8. The Bertz CT molecular complexity index is 2080. The number of carbonyl (C=O) groups is 6.